The number of benzene rings is 1. The van der Waals surface area contributed by atoms with Gasteiger partial charge >= 0.3 is 11.9 Å². The van der Waals surface area contributed by atoms with Crippen LogP contribution in [0.1, 0.15) is 25.3 Å². The molecule has 1 aromatic carbocycles. The molecule has 2 N–H and O–H groups in total. The van der Waals surface area contributed by atoms with Crippen LogP contribution in [0.2, 0.25) is 5.02 Å². The van der Waals surface area contributed by atoms with Crippen LogP contribution in [0.5, 0.6) is 0 Å². The Labute approximate surface area is 129 Å². The number of carboxylic acids is 2. The van der Waals surface area contributed by atoms with E-state index in [1.54, 1.807) is 0 Å². The largest absolute Gasteiger partial charge is 0.473 e. The van der Waals surface area contributed by atoms with Gasteiger partial charge in [0.2, 0.25) is 0 Å². The lowest BCUT2D eigenvalue weighted by Crippen LogP contribution is -2.32. The van der Waals surface area contributed by atoms with Crippen LogP contribution >= 0.6 is 11.6 Å². The third-order valence-corrected chi connectivity index (χ3v) is 3.63. The van der Waals surface area contributed by atoms with E-state index in [9.17, 15) is 0 Å². The molecule has 1 aliphatic heterocycles. The first-order valence-electron chi connectivity index (χ1n) is 6.81. The molecular weight excluding hydrogens is 294 g/mol. The zero-order valence-corrected chi connectivity index (χ0v) is 12.7. The molecule has 0 radical (unpaired) electrons. The van der Waals surface area contributed by atoms with E-state index < -0.39 is 11.9 Å². The molecule has 5 nitrogen and oxygen atoms in total. The van der Waals surface area contributed by atoms with Gasteiger partial charge in [-0.15, -0.1) is 0 Å². The van der Waals surface area contributed by atoms with Gasteiger partial charge < -0.3 is 10.2 Å². The van der Waals surface area contributed by atoms with Crippen LogP contribution < -0.4 is 0 Å². The highest BCUT2D eigenvalue weighted by atomic mass is 35.5. The van der Waals surface area contributed by atoms with E-state index >= 15 is 0 Å². The van der Waals surface area contributed by atoms with E-state index in [0.717, 1.165) is 17.5 Å². The van der Waals surface area contributed by atoms with E-state index in [1.165, 1.54) is 31.5 Å². The number of rotatable bonds is 2. The summed E-state index contributed by atoms with van der Waals surface area (Å²) in [5.41, 5.74) is 1.37. The van der Waals surface area contributed by atoms with Crippen molar-refractivity contribution in [3.8, 4) is 0 Å². The van der Waals surface area contributed by atoms with Crippen LogP contribution in [0.15, 0.2) is 24.3 Å². The quantitative estimate of drug-likeness (QED) is 0.821. The molecule has 1 aliphatic rings. The molecule has 0 unspecified atom stereocenters. The molecule has 0 atom stereocenters. The number of aliphatic carboxylic acids is 2. The first-order chi connectivity index (χ1) is 9.88. The molecule has 6 heteroatoms. The SMILES string of the molecule is CC1CCN(Cc2ccc(Cl)cc2)CC1.O=C(O)C(=O)O. The Hall–Kier alpha value is -1.59. The number of carboxylic acid groups (broad SMARTS) is 2. The van der Waals surface area contributed by atoms with Gasteiger partial charge in [-0.2, -0.15) is 0 Å². The van der Waals surface area contributed by atoms with Crippen molar-refractivity contribution in [3.63, 3.8) is 0 Å². The van der Waals surface area contributed by atoms with Crippen molar-refractivity contribution in [1.29, 1.82) is 0 Å². The van der Waals surface area contributed by atoms with Crippen molar-refractivity contribution < 1.29 is 19.8 Å². The minimum atomic E-state index is -1.82. The second-order valence-corrected chi connectivity index (χ2v) is 5.63. The predicted octanol–water partition coefficient (Wildman–Crippen LogP) is 2.73. The van der Waals surface area contributed by atoms with Crippen molar-refractivity contribution in [2.75, 3.05) is 13.1 Å². The predicted molar refractivity (Wildman–Crippen MR) is 80.4 cm³/mol. The number of halogens is 1. The number of piperidine rings is 1. The van der Waals surface area contributed by atoms with Gasteiger partial charge in [0.1, 0.15) is 0 Å². The number of hydrogen-bond donors (Lipinski definition) is 2. The van der Waals surface area contributed by atoms with Gasteiger partial charge in [-0.25, -0.2) is 9.59 Å². The van der Waals surface area contributed by atoms with Crippen LogP contribution in [0, 0.1) is 5.92 Å². The summed E-state index contributed by atoms with van der Waals surface area (Å²) in [5.74, 6) is -2.74. The number of hydrogen-bond acceptors (Lipinski definition) is 3. The molecule has 0 aromatic heterocycles. The van der Waals surface area contributed by atoms with Crippen LogP contribution in [-0.4, -0.2) is 40.1 Å². The molecular formula is C15H20ClNO4. The highest BCUT2D eigenvalue weighted by Gasteiger charge is 2.15. The summed E-state index contributed by atoms with van der Waals surface area (Å²) in [6, 6.07) is 8.20. The molecule has 1 fully saturated rings. The normalized spacial score (nSPS) is 15.9. The van der Waals surface area contributed by atoms with Gasteiger partial charge in [-0.3, -0.25) is 4.90 Å². The Kier molecular flexibility index (Phi) is 7.19. The Bertz CT molecular complexity index is 455. The lowest BCUT2D eigenvalue weighted by molar-refractivity contribution is -0.159. The topological polar surface area (TPSA) is 77.8 Å². The van der Waals surface area contributed by atoms with Crippen LogP contribution in [0.4, 0.5) is 0 Å². The Morgan fingerprint density at radius 3 is 2.05 bits per heavy atom. The molecule has 1 saturated heterocycles. The zero-order chi connectivity index (χ0) is 15.8. The maximum absolute atomic E-state index is 9.10. The summed E-state index contributed by atoms with van der Waals surface area (Å²) < 4.78 is 0. The summed E-state index contributed by atoms with van der Waals surface area (Å²) >= 11 is 5.86. The molecule has 116 valence electrons. The lowest BCUT2D eigenvalue weighted by atomic mass is 9.99. The Morgan fingerprint density at radius 2 is 1.62 bits per heavy atom. The highest BCUT2D eigenvalue weighted by Crippen LogP contribution is 2.18. The fourth-order valence-corrected chi connectivity index (χ4v) is 2.19. The van der Waals surface area contributed by atoms with E-state index in [0.29, 0.717) is 0 Å². The van der Waals surface area contributed by atoms with Crippen LogP contribution in [-0.2, 0) is 16.1 Å². The molecule has 0 spiro atoms. The number of likely N-dealkylation sites (tertiary alicyclic amines) is 1. The molecule has 21 heavy (non-hydrogen) atoms. The second kappa shape index (κ2) is 8.64. The average Bonchev–Trinajstić information content (AvgIpc) is 2.44. The molecule has 1 heterocycles. The molecule has 0 saturated carbocycles. The minimum Gasteiger partial charge on any atom is -0.473 e. The maximum Gasteiger partial charge on any atom is 0.414 e. The van der Waals surface area contributed by atoms with Crippen molar-refractivity contribution in [2.45, 2.75) is 26.3 Å². The summed E-state index contributed by atoms with van der Waals surface area (Å²) in [7, 11) is 0. The maximum atomic E-state index is 9.10. The van der Waals surface area contributed by atoms with Gasteiger partial charge in [-0.05, 0) is 49.5 Å². The van der Waals surface area contributed by atoms with Gasteiger partial charge in [0, 0.05) is 11.6 Å². The van der Waals surface area contributed by atoms with Gasteiger partial charge in [0.25, 0.3) is 0 Å². The van der Waals surface area contributed by atoms with Crippen LogP contribution in [0.25, 0.3) is 0 Å². The van der Waals surface area contributed by atoms with Crippen molar-refractivity contribution >= 4 is 23.5 Å². The Balaban J connectivity index is 0.000000315. The summed E-state index contributed by atoms with van der Waals surface area (Å²) in [4.78, 5) is 20.7. The highest BCUT2D eigenvalue weighted by molar-refractivity contribution is 6.30. The molecule has 0 amide bonds. The van der Waals surface area contributed by atoms with Crippen molar-refractivity contribution in [1.82, 2.24) is 4.90 Å². The van der Waals surface area contributed by atoms with E-state index in [2.05, 4.69) is 24.0 Å². The van der Waals surface area contributed by atoms with Gasteiger partial charge in [0.05, 0.1) is 0 Å². The standard InChI is InChI=1S/C13H18ClN.C2H2O4/c1-11-6-8-15(9-7-11)10-12-2-4-13(14)5-3-12;3-1(4)2(5)6/h2-5,11H,6-10H2,1H3;(H,3,4)(H,5,6). The first-order valence-corrected chi connectivity index (χ1v) is 7.19. The van der Waals surface area contributed by atoms with Crippen molar-refractivity contribution in [2.24, 2.45) is 5.92 Å². The van der Waals surface area contributed by atoms with Gasteiger partial charge in [0.15, 0.2) is 0 Å². The fourth-order valence-electron chi connectivity index (χ4n) is 2.07. The molecule has 0 bridgehead atoms. The summed E-state index contributed by atoms with van der Waals surface area (Å²) in [5, 5.41) is 15.6. The third-order valence-electron chi connectivity index (χ3n) is 3.38. The van der Waals surface area contributed by atoms with E-state index in [1.807, 2.05) is 12.1 Å². The monoisotopic (exact) mass is 313 g/mol. The van der Waals surface area contributed by atoms with E-state index in [4.69, 9.17) is 31.4 Å². The molecule has 2 rings (SSSR count). The van der Waals surface area contributed by atoms with Gasteiger partial charge in [-0.1, -0.05) is 30.7 Å². The molecule has 0 aliphatic carbocycles. The smallest absolute Gasteiger partial charge is 0.414 e. The summed E-state index contributed by atoms with van der Waals surface area (Å²) in [6.07, 6.45) is 2.68. The molecule has 1 aromatic rings. The summed E-state index contributed by atoms with van der Waals surface area (Å²) in [6.45, 7) is 5.90. The van der Waals surface area contributed by atoms with Crippen molar-refractivity contribution in [3.05, 3.63) is 34.9 Å². The van der Waals surface area contributed by atoms with E-state index in [-0.39, 0.29) is 0 Å². The first kappa shape index (κ1) is 17.5. The minimum absolute atomic E-state index is 0.825. The lowest BCUT2D eigenvalue weighted by Gasteiger charge is -2.30. The van der Waals surface area contributed by atoms with Crippen LogP contribution in [0.3, 0.4) is 0 Å². The number of carbonyl (C=O) groups is 2. The fraction of sp³-hybridized carbons (Fsp3) is 0.467. The number of nitrogens with zero attached hydrogens (tertiary/aromatic N) is 1. The zero-order valence-electron chi connectivity index (χ0n) is 12.0. The second-order valence-electron chi connectivity index (χ2n) is 5.20. The average molecular weight is 314 g/mol. The Morgan fingerprint density at radius 1 is 1.14 bits per heavy atom. The third kappa shape index (κ3) is 7.11.